The van der Waals surface area contributed by atoms with E-state index in [0.717, 1.165) is 35.5 Å². The molecule has 2 aromatic rings. The highest BCUT2D eigenvalue weighted by atomic mass is 19.4. The summed E-state index contributed by atoms with van der Waals surface area (Å²) in [5, 5.41) is 9.52. The van der Waals surface area contributed by atoms with Gasteiger partial charge in [0.2, 0.25) is 0 Å². The van der Waals surface area contributed by atoms with Crippen molar-refractivity contribution in [2.45, 2.75) is 19.3 Å². The van der Waals surface area contributed by atoms with E-state index >= 15 is 0 Å². The van der Waals surface area contributed by atoms with E-state index in [-0.39, 0.29) is 0 Å². The number of ether oxygens (including phenoxy) is 1. The second-order valence-corrected chi connectivity index (χ2v) is 6.09. The lowest BCUT2D eigenvalue weighted by atomic mass is 10.1. The summed E-state index contributed by atoms with van der Waals surface area (Å²) in [6, 6.07) is 13.1. The van der Waals surface area contributed by atoms with Crippen LogP contribution in [0, 0.1) is 0 Å². The standard InChI is InChI=1S/C20H25F3N4O/c1-24-19(26-13-15-3-7-17(8-4-15)20(21,22)23)27-14-16-5-9-18(10-6-16)25-11-12-28-2/h3-10,25H,11-14H2,1-2H3,(H2,24,26,27). The molecule has 0 bridgehead atoms. The molecule has 0 aliphatic heterocycles. The van der Waals surface area contributed by atoms with Gasteiger partial charge < -0.3 is 20.7 Å². The molecule has 0 aliphatic carbocycles. The van der Waals surface area contributed by atoms with Crippen molar-refractivity contribution >= 4 is 11.6 Å². The molecule has 0 saturated heterocycles. The van der Waals surface area contributed by atoms with E-state index in [1.807, 2.05) is 24.3 Å². The summed E-state index contributed by atoms with van der Waals surface area (Å²) < 4.78 is 42.8. The summed E-state index contributed by atoms with van der Waals surface area (Å²) in [6.07, 6.45) is -4.32. The maximum Gasteiger partial charge on any atom is 0.416 e. The van der Waals surface area contributed by atoms with Crippen LogP contribution in [0.15, 0.2) is 53.5 Å². The first-order valence-electron chi connectivity index (χ1n) is 8.85. The van der Waals surface area contributed by atoms with Crippen molar-refractivity contribution in [3.05, 3.63) is 65.2 Å². The quantitative estimate of drug-likeness (QED) is 0.364. The average Bonchev–Trinajstić information content (AvgIpc) is 2.69. The van der Waals surface area contributed by atoms with E-state index in [1.165, 1.54) is 12.1 Å². The molecule has 5 nitrogen and oxygen atoms in total. The second kappa shape index (κ2) is 10.6. The summed E-state index contributed by atoms with van der Waals surface area (Å²) in [5.41, 5.74) is 2.18. The number of halogens is 3. The van der Waals surface area contributed by atoms with Crippen LogP contribution in [0.1, 0.15) is 16.7 Å². The Morgan fingerprint density at radius 2 is 1.46 bits per heavy atom. The molecule has 2 rings (SSSR count). The van der Waals surface area contributed by atoms with Gasteiger partial charge in [-0.15, -0.1) is 0 Å². The SMILES string of the molecule is CN=C(NCc1ccc(NCCOC)cc1)NCc1ccc(C(F)(F)F)cc1. The largest absolute Gasteiger partial charge is 0.416 e. The third kappa shape index (κ3) is 7.11. The predicted octanol–water partition coefficient (Wildman–Crippen LogP) is 3.63. The monoisotopic (exact) mass is 394 g/mol. The molecule has 0 saturated carbocycles. The van der Waals surface area contributed by atoms with E-state index in [2.05, 4.69) is 20.9 Å². The molecule has 0 aromatic heterocycles. The van der Waals surface area contributed by atoms with Crippen LogP contribution < -0.4 is 16.0 Å². The molecule has 0 fully saturated rings. The minimum atomic E-state index is -4.32. The first-order valence-corrected chi connectivity index (χ1v) is 8.85. The Kier molecular flexibility index (Phi) is 8.13. The third-order valence-electron chi connectivity index (χ3n) is 4.01. The highest BCUT2D eigenvalue weighted by Crippen LogP contribution is 2.29. The molecule has 0 aliphatic rings. The number of nitrogens with zero attached hydrogens (tertiary/aromatic N) is 1. The lowest BCUT2D eigenvalue weighted by molar-refractivity contribution is -0.137. The lowest BCUT2D eigenvalue weighted by Crippen LogP contribution is -2.36. The summed E-state index contributed by atoms with van der Waals surface area (Å²) >= 11 is 0. The highest BCUT2D eigenvalue weighted by molar-refractivity contribution is 5.79. The smallest absolute Gasteiger partial charge is 0.383 e. The van der Waals surface area contributed by atoms with Crippen molar-refractivity contribution < 1.29 is 17.9 Å². The molecule has 152 valence electrons. The Balaban J connectivity index is 1.79. The van der Waals surface area contributed by atoms with Gasteiger partial charge in [-0.25, -0.2) is 0 Å². The van der Waals surface area contributed by atoms with Crippen LogP contribution in [0.4, 0.5) is 18.9 Å². The Morgan fingerprint density at radius 1 is 0.929 bits per heavy atom. The first-order chi connectivity index (χ1) is 13.4. The third-order valence-corrected chi connectivity index (χ3v) is 4.01. The molecule has 0 amide bonds. The van der Waals surface area contributed by atoms with Gasteiger partial charge in [0.05, 0.1) is 12.2 Å². The number of rotatable bonds is 8. The van der Waals surface area contributed by atoms with Crippen molar-refractivity contribution in [2.24, 2.45) is 4.99 Å². The molecular weight excluding hydrogens is 369 g/mol. The number of benzene rings is 2. The average molecular weight is 394 g/mol. The highest BCUT2D eigenvalue weighted by Gasteiger charge is 2.29. The number of guanidine groups is 1. The van der Waals surface area contributed by atoms with Crippen molar-refractivity contribution in [2.75, 3.05) is 32.6 Å². The fourth-order valence-electron chi connectivity index (χ4n) is 2.44. The molecule has 28 heavy (non-hydrogen) atoms. The van der Waals surface area contributed by atoms with Gasteiger partial charge in [0.15, 0.2) is 5.96 Å². The Hall–Kier alpha value is -2.74. The van der Waals surface area contributed by atoms with Crippen molar-refractivity contribution in [1.82, 2.24) is 10.6 Å². The molecule has 8 heteroatoms. The number of anilines is 1. The Morgan fingerprint density at radius 3 is 1.93 bits per heavy atom. The molecule has 0 heterocycles. The van der Waals surface area contributed by atoms with Crippen LogP contribution in [0.3, 0.4) is 0 Å². The molecule has 0 unspecified atom stereocenters. The number of methoxy groups -OCH3 is 1. The Labute approximate surface area is 163 Å². The van der Waals surface area contributed by atoms with E-state index < -0.39 is 11.7 Å². The van der Waals surface area contributed by atoms with E-state index in [0.29, 0.717) is 25.7 Å². The zero-order chi connectivity index (χ0) is 20.4. The van der Waals surface area contributed by atoms with Gasteiger partial charge in [-0.1, -0.05) is 24.3 Å². The van der Waals surface area contributed by atoms with Crippen LogP contribution in [-0.4, -0.2) is 33.3 Å². The predicted molar refractivity (Wildman–Crippen MR) is 105 cm³/mol. The topological polar surface area (TPSA) is 57.7 Å². The maximum absolute atomic E-state index is 12.6. The second-order valence-electron chi connectivity index (χ2n) is 6.09. The lowest BCUT2D eigenvalue weighted by Gasteiger charge is -2.13. The van der Waals surface area contributed by atoms with Crippen molar-refractivity contribution in [1.29, 1.82) is 0 Å². The van der Waals surface area contributed by atoms with Gasteiger partial charge in [0.25, 0.3) is 0 Å². The van der Waals surface area contributed by atoms with E-state index in [1.54, 1.807) is 14.2 Å². The van der Waals surface area contributed by atoms with Gasteiger partial charge in [0.1, 0.15) is 0 Å². The number of alkyl halides is 3. The number of nitrogens with one attached hydrogen (secondary N) is 3. The fourth-order valence-corrected chi connectivity index (χ4v) is 2.44. The van der Waals surface area contributed by atoms with Gasteiger partial charge in [-0.2, -0.15) is 13.2 Å². The maximum atomic E-state index is 12.6. The van der Waals surface area contributed by atoms with Gasteiger partial charge in [-0.05, 0) is 35.4 Å². The zero-order valence-corrected chi connectivity index (χ0v) is 15.9. The molecule has 0 spiro atoms. The van der Waals surface area contributed by atoms with Crippen LogP contribution in [0.2, 0.25) is 0 Å². The molecule has 2 aromatic carbocycles. The summed E-state index contributed by atoms with van der Waals surface area (Å²) in [5.74, 6) is 0.571. The number of hydrogen-bond acceptors (Lipinski definition) is 3. The molecule has 0 atom stereocenters. The summed E-state index contributed by atoms with van der Waals surface area (Å²) in [6.45, 7) is 2.34. The summed E-state index contributed by atoms with van der Waals surface area (Å²) in [7, 11) is 3.31. The van der Waals surface area contributed by atoms with Crippen LogP contribution in [-0.2, 0) is 24.0 Å². The van der Waals surface area contributed by atoms with Gasteiger partial charge >= 0.3 is 6.18 Å². The molecule has 3 N–H and O–H groups in total. The zero-order valence-electron chi connectivity index (χ0n) is 15.9. The summed E-state index contributed by atoms with van der Waals surface area (Å²) in [4.78, 5) is 4.13. The van der Waals surface area contributed by atoms with E-state index in [4.69, 9.17) is 4.74 Å². The normalized spacial score (nSPS) is 12.0. The van der Waals surface area contributed by atoms with Crippen molar-refractivity contribution in [3.8, 4) is 0 Å². The number of aliphatic imine (C=N–C) groups is 1. The van der Waals surface area contributed by atoms with E-state index in [9.17, 15) is 13.2 Å². The Bertz CT molecular complexity index is 744. The van der Waals surface area contributed by atoms with Crippen LogP contribution in [0.5, 0.6) is 0 Å². The van der Waals surface area contributed by atoms with Gasteiger partial charge in [0, 0.05) is 39.5 Å². The van der Waals surface area contributed by atoms with Crippen LogP contribution >= 0.6 is 0 Å². The first kappa shape index (κ1) is 21.6. The minimum absolute atomic E-state index is 0.375. The van der Waals surface area contributed by atoms with Crippen molar-refractivity contribution in [3.63, 3.8) is 0 Å². The minimum Gasteiger partial charge on any atom is -0.383 e. The van der Waals surface area contributed by atoms with Gasteiger partial charge in [-0.3, -0.25) is 4.99 Å². The fraction of sp³-hybridized carbons (Fsp3) is 0.350. The van der Waals surface area contributed by atoms with Crippen LogP contribution in [0.25, 0.3) is 0 Å². The number of hydrogen-bond donors (Lipinski definition) is 3. The molecule has 0 radical (unpaired) electrons. The molecular formula is C20H25F3N4O.